The van der Waals surface area contributed by atoms with Gasteiger partial charge in [0.05, 0.1) is 5.92 Å². The van der Waals surface area contributed by atoms with Gasteiger partial charge >= 0.3 is 5.97 Å². The van der Waals surface area contributed by atoms with Crippen LogP contribution >= 0.6 is 0 Å². The van der Waals surface area contributed by atoms with E-state index in [0.717, 1.165) is 19.5 Å². The van der Waals surface area contributed by atoms with Crippen LogP contribution in [0.25, 0.3) is 0 Å². The molecular formula is C10H17N3O2. The fourth-order valence-electron chi connectivity index (χ4n) is 1.20. The first-order chi connectivity index (χ1) is 7.20. The van der Waals surface area contributed by atoms with Crippen LogP contribution in [0.3, 0.4) is 0 Å². The SMILES string of the molecule is CC(CNCCCn1cccn1)C(=O)O. The number of carboxylic acids is 1. The maximum absolute atomic E-state index is 10.5. The van der Waals surface area contributed by atoms with Crippen molar-refractivity contribution in [1.29, 1.82) is 0 Å². The van der Waals surface area contributed by atoms with Crippen LogP contribution in [-0.2, 0) is 11.3 Å². The molecule has 84 valence electrons. The Balaban J connectivity index is 2.00. The van der Waals surface area contributed by atoms with Crippen LogP contribution in [-0.4, -0.2) is 33.9 Å². The summed E-state index contributed by atoms with van der Waals surface area (Å²) in [5.41, 5.74) is 0. The van der Waals surface area contributed by atoms with E-state index in [1.807, 2.05) is 16.9 Å². The minimum Gasteiger partial charge on any atom is -0.481 e. The lowest BCUT2D eigenvalue weighted by Crippen LogP contribution is -2.27. The highest BCUT2D eigenvalue weighted by atomic mass is 16.4. The molecular weight excluding hydrogens is 194 g/mol. The third-order valence-electron chi connectivity index (χ3n) is 2.17. The summed E-state index contributed by atoms with van der Waals surface area (Å²) in [6.07, 6.45) is 4.62. The number of hydrogen-bond acceptors (Lipinski definition) is 3. The molecule has 5 heteroatoms. The Hall–Kier alpha value is -1.36. The van der Waals surface area contributed by atoms with Crippen molar-refractivity contribution in [3.8, 4) is 0 Å². The molecule has 0 aliphatic rings. The summed E-state index contributed by atoms with van der Waals surface area (Å²) in [6, 6.07) is 1.89. The first-order valence-corrected chi connectivity index (χ1v) is 5.11. The van der Waals surface area contributed by atoms with Crippen LogP contribution in [0.15, 0.2) is 18.5 Å². The number of aromatic nitrogens is 2. The Morgan fingerprint density at radius 2 is 2.47 bits per heavy atom. The number of nitrogens with zero attached hydrogens (tertiary/aromatic N) is 2. The number of aryl methyl sites for hydroxylation is 1. The van der Waals surface area contributed by atoms with E-state index >= 15 is 0 Å². The fourth-order valence-corrected chi connectivity index (χ4v) is 1.20. The fraction of sp³-hybridized carbons (Fsp3) is 0.600. The number of hydrogen-bond donors (Lipinski definition) is 2. The molecule has 2 N–H and O–H groups in total. The molecule has 0 spiro atoms. The van der Waals surface area contributed by atoms with Gasteiger partial charge in [0.15, 0.2) is 0 Å². The topological polar surface area (TPSA) is 67.2 Å². The molecule has 0 saturated carbocycles. The Morgan fingerprint density at radius 1 is 1.67 bits per heavy atom. The van der Waals surface area contributed by atoms with Crippen molar-refractivity contribution in [3.05, 3.63) is 18.5 Å². The van der Waals surface area contributed by atoms with Gasteiger partial charge in [-0.25, -0.2) is 0 Å². The van der Waals surface area contributed by atoms with Crippen LogP contribution in [0.4, 0.5) is 0 Å². The molecule has 0 fully saturated rings. The van der Waals surface area contributed by atoms with Gasteiger partial charge in [-0.15, -0.1) is 0 Å². The normalized spacial score (nSPS) is 12.6. The minimum absolute atomic E-state index is 0.324. The highest BCUT2D eigenvalue weighted by Crippen LogP contribution is 1.92. The van der Waals surface area contributed by atoms with Gasteiger partial charge in [0.25, 0.3) is 0 Å². The zero-order valence-corrected chi connectivity index (χ0v) is 8.89. The van der Waals surface area contributed by atoms with Gasteiger partial charge in [-0.3, -0.25) is 9.48 Å². The van der Waals surface area contributed by atoms with Crippen LogP contribution in [0, 0.1) is 5.92 Å². The Labute approximate surface area is 89.1 Å². The van der Waals surface area contributed by atoms with Crippen molar-refractivity contribution in [1.82, 2.24) is 15.1 Å². The lowest BCUT2D eigenvalue weighted by Gasteiger charge is -2.07. The van der Waals surface area contributed by atoms with E-state index in [0.29, 0.717) is 6.54 Å². The van der Waals surface area contributed by atoms with Crippen molar-refractivity contribution >= 4 is 5.97 Å². The lowest BCUT2D eigenvalue weighted by molar-refractivity contribution is -0.140. The van der Waals surface area contributed by atoms with Crippen LogP contribution < -0.4 is 5.32 Å². The molecule has 0 aliphatic heterocycles. The quantitative estimate of drug-likeness (QED) is 0.647. The van der Waals surface area contributed by atoms with Crippen molar-refractivity contribution in [2.75, 3.05) is 13.1 Å². The van der Waals surface area contributed by atoms with E-state index in [1.54, 1.807) is 13.1 Å². The molecule has 1 aromatic heterocycles. The molecule has 0 aromatic carbocycles. The molecule has 0 amide bonds. The standard InChI is InChI=1S/C10H17N3O2/c1-9(10(14)15)8-11-4-2-6-13-7-3-5-12-13/h3,5,7,9,11H,2,4,6,8H2,1H3,(H,14,15). The molecule has 0 radical (unpaired) electrons. The molecule has 1 heterocycles. The summed E-state index contributed by atoms with van der Waals surface area (Å²) in [5.74, 6) is -1.08. The maximum atomic E-state index is 10.5. The minimum atomic E-state index is -0.755. The number of carbonyl (C=O) groups is 1. The number of nitrogens with one attached hydrogen (secondary N) is 1. The first kappa shape index (κ1) is 11.7. The second kappa shape index (κ2) is 6.19. The molecule has 0 bridgehead atoms. The summed E-state index contributed by atoms with van der Waals surface area (Å²) in [7, 11) is 0. The van der Waals surface area contributed by atoms with Gasteiger partial charge in [0.2, 0.25) is 0 Å². The zero-order chi connectivity index (χ0) is 11.1. The van der Waals surface area contributed by atoms with E-state index in [4.69, 9.17) is 5.11 Å². The lowest BCUT2D eigenvalue weighted by atomic mass is 10.2. The summed E-state index contributed by atoms with van der Waals surface area (Å²) in [5, 5.41) is 15.8. The summed E-state index contributed by atoms with van der Waals surface area (Å²) in [6.45, 7) is 3.90. The predicted octanol–water partition coefficient (Wildman–Crippen LogP) is 0.583. The zero-order valence-electron chi connectivity index (χ0n) is 8.89. The Kier molecular flexibility index (Phi) is 4.83. The highest BCUT2D eigenvalue weighted by molar-refractivity contribution is 5.69. The average Bonchev–Trinajstić information content (AvgIpc) is 2.69. The van der Waals surface area contributed by atoms with E-state index in [9.17, 15) is 4.79 Å². The van der Waals surface area contributed by atoms with Crippen LogP contribution in [0.2, 0.25) is 0 Å². The third kappa shape index (κ3) is 4.60. The largest absolute Gasteiger partial charge is 0.481 e. The van der Waals surface area contributed by atoms with Crippen LogP contribution in [0.5, 0.6) is 0 Å². The Bertz CT molecular complexity index is 285. The summed E-state index contributed by atoms with van der Waals surface area (Å²) in [4.78, 5) is 10.5. The monoisotopic (exact) mass is 211 g/mol. The van der Waals surface area contributed by atoms with Crippen molar-refractivity contribution in [3.63, 3.8) is 0 Å². The third-order valence-corrected chi connectivity index (χ3v) is 2.17. The Morgan fingerprint density at radius 3 is 3.07 bits per heavy atom. The number of rotatable bonds is 7. The van der Waals surface area contributed by atoms with E-state index in [-0.39, 0.29) is 5.92 Å². The number of aliphatic carboxylic acids is 1. The van der Waals surface area contributed by atoms with Crippen molar-refractivity contribution < 1.29 is 9.90 Å². The van der Waals surface area contributed by atoms with Gasteiger partial charge in [-0.1, -0.05) is 6.92 Å². The first-order valence-electron chi connectivity index (χ1n) is 5.11. The molecule has 1 unspecified atom stereocenters. The maximum Gasteiger partial charge on any atom is 0.307 e. The second-order valence-electron chi connectivity index (χ2n) is 3.57. The molecule has 1 atom stereocenters. The van der Waals surface area contributed by atoms with Crippen LogP contribution in [0.1, 0.15) is 13.3 Å². The molecule has 15 heavy (non-hydrogen) atoms. The molecule has 1 rings (SSSR count). The van der Waals surface area contributed by atoms with Gasteiger partial charge in [-0.2, -0.15) is 5.10 Å². The van der Waals surface area contributed by atoms with E-state index in [2.05, 4.69) is 10.4 Å². The number of carboxylic acid groups (broad SMARTS) is 1. The van der Waals surface area contributed by atoms with Crippen molar-refractivity contribution in [2.45, 2.75) is 19.9 Å². The molecule has 0 aliphatic carbocycles. The average molecular weight is 211 g/mol. The van der Waals surface area contributed by atoms with Crippen molar-refractivity contribution in [2.24, 2.45) is 5.92 Å². The van der Waals surface area contributed by atoms with Gasteiger partial charge in [0.1, 0.15) is 0 Å². The van der Waals surface area contributed by atoms with Gasteiger partial charge < -0.3 is 10.4 Å². The smallest absolute Gasteiger partial charge is 0.307 e. The molecule has 5 nitrogen and oxygen atoms in total. The predicted molar refractivity (Wildman–Crippen MR) is 56.5 cm³/mol. The second-order valence-corrected chi connectivity index (χ2v) is 3.57. The van der Waals surface area contributed by atoms with E-state index < -0.39 is 5.97 Å². The highest BCUT2D eigenvalue weighted by Gasteiger charge is 2.08. The summed E-state index contributed by atoms with van der Waals surface area (Å²) >= 11 is 0. The summed E-state index contributed by atoms with van der Waals surface area (Å²) < 4.78 is 1.86. The van der Waals surface area contributed by atoms with E-state index in [1.165, 1.54) is 0 Å². The molecule has 0 saturated heterocycles. The van der Waals surface area contributed by atoms with Gasteiger partial charge in [-0.05, 0) is 19.0 Å². The molecule has 1 aromatic rings. The van der Waals surface area contributed by atoms with Gasteiger partial charge in [0, 0.05) is 25.5 Å².